The zero-order valence-corrected chi connectivity index (χ0v) is 14.5. The molecule has 0 saturated heterocycles. The van der Waals surface area contributed by atoms with Gasteiger partial charge in [-0.25, -0.2) is 0 Å². The molecular weight excluding hydrogens is 298 g/mol. The fourth-order valence-corrected chi connectivity index (χ4v) is 2.79. The van der Waals surface area contributed by atoms with Crippen LogP contribution in [0.15, 0.2) is 54.6 Å². The van der Waals surface area contributed by atoms with Gasteiger partial charge in [-0.1, -0.05) is 48.5 Å². The quantitative estimate of drug-likeness (QED) is 0.784. The first-order valence-electron chi connectivity index (χ1n) is 8.49. The molecule has 0 spiro atoms. The summed E-state index contributed by atoms with van der Waals surface area (Å²) in [5.74, 6) is -0.00723. The van der Waals surface area contributed by atoms with Crippen LogP contribution >= 0.6 is 0 Å². The van der Waals surface area contributed by atoms with Gasteiger partial charge in [-0.2, -0.15) is 0 Å². The Hall–Kier alpha value is -2.33. The fourth-order valence-electron chi connectivity index (χ4n) is 2.79. The number of nitrogens with two attached hydrogens (primary N) is 1. The van der Waals surface area contributed by atoms with Gasteiger partial charge in [-0.3, -0.25) is 4.79 Å². The minimum Gasteiger partial charge on any atom is -0.370 e. The molecule has 3 N–H and O–H groups in total. The van der Waals surface area contributed by atoms with E-state index in [2.05, 4.69) is 36.2 Å². The highest BCUT2D eigenvalue weighted by Gasteiger charge is 2.12. The number of para-hydroxylation sites is 1. The van der Waals surface area contributed by atoms with E-state index in [4.69, 9.17) is 5.73 Å². The molecule has 0 fully saturated rings. The van der Waals surface area contributed by atoms with Crippen LogP contribution in [0, 0.1) is 6.92 Å². The van der Waals surface area contributed by atoms with Gasteiger partial charge in [0.05, 0.1) is 0 Å². The molecule has 2 rings (SSSR count). The van der Waals surface area contributed by atoms with Crippen molar-refractivity contribution in [3.05, 3.63) is 65.7 Å². The monoisotopic (exact) mass is 325 g/mol. The smallest absolute Gasteiger partial charge is 0.221 e. The minimum atomic E-state index is -0.259. The number of hydrogen-bond acceptors (Lipinski definition) is 3. The summed E-state index contributed by atoms with van der Waals surface area (Å²) in [5, 5.41) is 2.98. The lowest BCUT2D eigenvalue weighted by atomic mass is 10.0. The number of likely N-dealkylation sites (N-methyl/N-ethyl adjacent to an activating group) is 1. The van der Waals surface area contributed by atoms with Crippen LogP contribution in [0.1, 0.15) is 30.5 Å². The Balaban J connectivity index is 1.80. The Kier molecular flexibility index (Phi) is 6.82. The van der Waals surface area contributed by atoms with Gasteiger partial charge < -0.3 is 16.0 Å². The van der Waals surface area contributed by atoms with Crippen LogP contribution in [0.5, 0.6) is 0 Å². The SMILES string of the molecule is CCN(CCNC(=O)CC(N)c1ccccc1)c1ccccc1C. The Morgan fingerprint density at radius 2 is 1.79 bits per heavy atom. The number of anilines is 1. The predicted octanol–water partition coefficient (Wildman–Crippen LogP) is 3.03. The van der Waals surface area contributed by atoms with E-state index in [0.717, 1.165) is 18.7 Å². The topological polar surface area (TPSA) is 58.4 Å². The van der Waals surface area contributed by atoms with Crippen molar-refractivity contribution >= 4 is 11.6 Å². The number of nitrogens with one attached hydrogen (secondary N) is 1. The molecule has 128 valence electrons. The van der Waals surface area contributed by atoms with Gasteiger partial charge in [-0.05, 0) is 31.0 Å². The van der Waals surface area contributed by atoms with Gasteiger partial charge in [0, 0.05) is 37.8 Å². The summed E-state index contributed by atoms with van der Waals surface area (Å²) in [6.45, 7) is 6.54. The molecule has 0 bridgehead atoms. The van der Waals surface area contributed by atoms with E-state index < -0.39 is 0 Å². The molecule has 0 aliphatic carbocycles. The van der Waals surface area contributed by atoms with Crippen molar-refractivity contribution in [2.45, 2.75) is 26.3 Å². The summed E-state index contributed by atoms with van der Waals surface area (Å²) in [6.07, 6.45) is 0.306. The lowest BCUT2D eigenvalue weighted by molar-refractivity contribution is -0.121. The summed E-state index contributed by atoms with van der Waals surface area (Å²) >= 11 is 0. The van der Waals surface area contributed by atoms with E-state index in [0.29, 0.717) is 13.0 Å². The summed E-state index contributed by atoms with van der Waals surface area (Å²) < 4.78 is 0. The third-order valence-electron chi connectivity index (χ3n) is 4.17. The van der Waals surface area contributed by atoms with Crippen LogP contribution < -0.4 is 16.0 Å². The molecule has 0 radical (unpaired) electrons. The van der Waals surface area contributed by atoms with Crippen molar-refractivity contribution in [3.63, 3.8) is 0 Å². The van der Waals surface area contributed by atoms with Crippen molar-refractivity contribution in [2.24, 2.45) is 5.73 Å². The standard InChI is InChI=1S/C20H27N3O/c1-3-23(19-12-8-7-9-16(19)2)14-13-22-20(24)15-18(21)17-10-5-4-6-11-17/h4-12,18H,3,13-15,21H2,1-2H3,(H,22,24). The highest BCUT2D eigenvalue weighted by atomic mass is 16.1. The summed E-state index contributed by atoms with van der Waals surface area (Å²) in [4.78, 5) is 14.4. The van der Waals surface area contributed by atoms with Gasteiger partial charge >= 0.3 is 0 Å². The number of carbonyl (C=O) groups excluding carboxylic acids is 1. The van der Waals surface area contributed by atoms with Crippen molar-refractivity contribution in [3.8, 4) is 0 Å². The van der Waals surface area contributed by atoms with E-state index >= 15 is 0 Å². The molecule has 0 heterocycles. The predicted molar refractivity (Wildman–Crippen MR) is 100 cm³/mol. The number of rotatable bonds is 8. The van der Waals surface area contributed by atoms with Crippen molar-refractivity contribution in [1.82, 2.24) is 5.32 Å². The molecule has 0 aliphatic heterocycles. The van der Waals surface area contributed by atoms with Gasteiger partial charge in [0.25, 0.3) is 0 Å². The first kappa shape index (κ1) is 18.0. The number of aryl methyl sites for hydroxylation is 1. The molecule has 0 saturated carbocycles. The van der Waals surface area contributed by atoms with E-state index in [9.17, 15) is 4.79 Å². The fraction of sp³-hybridized carbons (Fsp3) is 0.350. The number of hydrogen-bond donors (Lipinski definition) is 2. The second-order valence-corrected chi connectivity index (χ2v) is 5.94. The number of nitrogens with zero attached hydrogens (tertiary/aromatic N) is 1. The average Bonchev–Trinajstić information content (AvgIpc) is 2.60. The number of carbonyl (C=O) groups is 1. The van der Waals surface area contributed by atoms with Crippen LogP contribution in [-0.2, 0) is 4.79 Å². The second kappa shape index (κ2) is 9.08. The molecule has 0 aromatic heterocycles. The highest BCUT2D eigenvalue weighted by molar-refractivity contribution is 5.76. The Morgan fingerprint density at radius 1 is 1.12 bits per heavy atom. The molecule has 0 aliphatic rings. The Bertz CT molecular complexity index is 642. The molecule has 1 amide bonds. The van der Waals surface area contributed by atoms with E-state index in [-0.39, 0.29) is 11.9 Å². The van der Waals surface area contributed by atoms with Crippen LogP contribution in [0.2, 0.25) is 0 Å². The van der Waals surface area contributed by atoms with Gasteiger partial charge in [0.2, 0.25) is 5.91 Å². The van der Waals surface area contributed by atoms with E-state index in [1.807, 2.05) is 42.5 Å². The van der Waals surface area contributed by atoms with Crippen molar-refractivity contribution in [1.29, 1.82) is 0 Å². The summed E-state index contributed by atoms with van der Waals surface area (Å²) in [6, 6.07) is 17.8. The Morgan fingerprint density at radius 3 is 2.46 bits per heavy atom. The van der Waals surface area contributed by atoms with Crippen LogP contribution in [0.4, 0.5) is 5.69 Å². The third kappa shape index (κ3) is 5.10. The lowest BCUT2D eigenvalue weighted by Crippen LogP contribution is -2.36. The van der Waals surface area contributed by atoms with Gasteiger partial charge in [0.1, 0.15) is 0 Å². The molecule has 1 unspecified atom stereocenters. The maximum Gasteiger partial charge on any atom is 0.221 e. The molecule has 4 nitrogen and oxygen atoms in total. The van der Waals surface area contributed by atoms with E-state index in [1.54, 1.807) is 0 Å². The molecule has 2 aromatic carbocycles. The maximum atomic E-state index is 12.1. The molecule has 2 aromatic rings. The lowest BCUT2D eigenvalue weighted by Gasteiger charge is -2.25. The molecule has 24 heavy (non-hydrogen) atoms. The first-order chi connectivity index (χ1) is 11.6. The Labute approximate surface area is 144 Å². The number of benzene rings is 2. The van der Waals surface area contributed by atoms with Gasteiger partial charge in [-0.15, -0.1) is 0 Å². The second-order valence-electron chi connectivity index (χ2n) is 5.94. The van der Waals surface area contributed by atoms with Crippen molar-refractivity contribution < 1.29 is 4.79 Å². The molecular formula is C20H27N3O. The van der Waals surface area contributed by atoms with Gasteiger partial charge in [0.15, 0.2) is 0 Å². The zero-order chi connectivity index (χ0) is 17.4. The average molecular weight is 325 g/mol. The van der Waals surface area contributed by atoms with Crippen LogP contribution in [0.25, 0.3) is 0 Å². The van der Waals surface area contributed by atoms with Crippen LogP contribution in [0.3, 0.4) is 0 Å². The first-order valence-corrected chi connectivity index (χ1v) is 8.49. The highest BCUT2D eigenvalue weighted by Crippen LogP contribution is 2.18. The largest absolute Gasteiger partial charge is 0.370 e. The van der Waals surface area contributed by atoms with E-state index in [1.165, 1.54) is 11.3 Å². The molecule has 1 atom stereocenters. The summed E-state index contributed by atoms with van der Waals surface area (Å²) in [7, 11) is 0. The molecule has 4 heteroatoms. The van der Waals surface area contributed by atoms with Crippen LogP contribution in [-0.4, -0.2) is 25.5 Å². The third-order valence-corrected chi connectivity index (χ3v) is 4.17. The normalized spacial score (nSPS) is 11.8. The minimum absolute atomic E-state index is 0.00723. The maximum absolute atomic E-state index is 12.1. The number of amides is 1. The zero-order valence-electron chi connectivity index (χ0n) is 14.5. The van der Waals surface area contributed by atoms with Crippen molar-refractivity contribution in [2.75, 3.05) is 24.5 Å². The summed E-state index contributed by atoms with van der Waals surface area (Å²) in [5.41, 5.74) is 9.55.